The lowest BCUT2D eigenvalue weighted by Gasteiger charge is -2.15. The molecule has 2 N–H and O–H groups in total. The summed E-state index contributed by atoms with van der Waals surface area (Å²) >= 11 is 0. The molecule has 1 rings (SSSR count). The van der Waals surface area contributed by atoms with E-state index in [4.69, 9.17) is 18.9 Å². The third-order valence-corrected chi connectivity index (χ3v) is 3.32. The lowest BCUT2D eigenvalue weighted by Crippen LogP contribution is -2.44. The largest absolute Gasteiger partial charge is 0.493 e. The third kappa shape index (κ3) is 5.83. The molecule has 1 aromatic rings. The van der Waals surface area contributed by atoms with Gasteiger partial charge in [-0.15, -0.1) is 0 Å². The Labute approximate surface area is 151 Å². The number of hydrogen-bond acceptors (Lipinski definition) is 7. The van der Waals surface area contributed by atoms with Gasteiger partial charge in [-0.05, 0) is 31.5 Å². The van der Waals surface area contributed by atoms with Crippen molar-refractivity contribution in [3.63, 3.8) is 0 Å². The topological polar surface area (TPSA) is 112 Å². The van der Waals surface area contributed by atoms with Crippen molar-refractivity contribution in [1.29, 1.82) is 0 Å². The van der Waals surface area contributed by atoms with Crippen LogP contribution in [0.1, 0.15) is 19.4 Å². The van der Waals surface area contributed by atoms with Gasteiger partial charge in [0.25, 0.3) is 5.91 Å². The molecule has 1 unspecified atom stereocenters. The van der Waals surface area contributed by atoms with Crippen LogP contribution >= 0.6 is 0 Å². The van der Waals surface area contributed by atoms with Crippen LogP contribution in [0.4, 0.5) is 4.79 Å². The number of urea groups is 1. The van der Waals surface area contributed by atoms with Crippen molar-refractivity contribution in [3.05, 3.63) is 17.7 Å². The van der Waals surface area contributed by atoms with Crippen molar-refractivity contribution < 1.29 is 33.3 Å². The zero-order valence-electron chi connectivity index (χ0n) is 15.5. The van der Waals surface area contributed by atoms with Crippen LogP contribution < -0.4 is 24.8 Å². The predicted molar refractivity (Wildman–Crippen MR) is 92.6 cm³/mol. The van der Waals surface area contributed by atoms with Crippen molar-refractivity contribution >= 4 is 17.9 Å². The van der Waals surface area contributed by atoms with Gasteiger partial charge in [0.15, 0.2) is 17.6 Å². The van der Waals surface area contributed by atoms with Gasteiger partial charge in [-0.2, -0.15) is 0 Å². The average molecular weight is 368 g/mol. The van der Waals surface area contributed by atoms with Crippen molar-refractivity contribution in [2.24, 2.45) is 0 Å². The summed E-state index contributed by atoms with van der Waals surface area (Å²) < 4.78 is 20.7. The molecule has 0 aliphatic carbocycles. The highest BCUT2D eigenvalue weighted by molar-refractivity contribution is 5.97. The number of esters is 1. The molecule has 1 atom stereocenters. The quantitative estimate of drug-likeness (QED) is 0.659. The minimum Gasteiger partial charge on any atom is -0.493 e. The number of nitrogens with one attached hydrogen (secondary N) is 2. The molecule has 9 nitrogen and oxygen atoms in total. The molecular weight excluding hydrogens is 344 g/mol. The number of hydrogen-bond donors (Lipinski definition) is 2. The van der Waals surface area contributed by atoms with Gasteiger partial charge < -0.3 is 24.3 Å². The van der Waals surface area contributed by atoms with E-state index in [0.29, 0.717) is 29.4 Å². The minimum atomic E-state index is -1.12. The van der Waals surface area contributed by atoms with E-state index in [-0.39, 0.29) is 6.42 Å². The Morgan fingerprint density at radius 1 is 1.04 bits per heavy atom. The van der Waals surface area contributed by atoms with Gasteiger partial charge in [0, 0.05) is 6.54 Å². The fourth-order valence-electron chi connectivity index (χ4n) is 2.11. The minimum absolute atomic E-state index is 0.116. The van der Waals surface area contributed by atoms with E-state index in [9.17, 15) is 14.4 Å². The molecule has 3 amide bonds. The van der Waals surface area contributed by atoms with Crippen molar-refractivity contribution in [2.45, 2.75) is 26.4 Å². The lowest BCUT2D eigenvalue weighted by atomic mass is 10.1. The van der Waals surface area contributed by atoms with Crippen LogP contribution in [0.25, 0.3) is 0 Å². The summed E-state index contributed by atoms with van der Waals surface area (Å²) in [5.41, 5.74) is 0.556. The number of carbonyl (C=O) groups is 3. The fourth-order valence-corrected chi connectivity index (χ4v) is 2.11. The van der Waals surface area contributed by atoms with E-state index >= 15 is 0 Å². The molecule has 0 aliphatic rings. The Balaban J connectivity index is 2.75. The second-order valence-electron chi connectivity index (χ2n) is 5.19. The summed E-state index contributed by atoms with van der Waals surface area (Å²) in [6.45, 7) is 3.46. The number of benzene rings is 1. The third-order valence-electron chi connectivity index (χ3n) is 3.32. The summed E-state index contributed by atoms with van der Waals surface area (Å²) in [5.74, 6) is -0.151. The number of methoxy groups -OCH3 is 3. The molecular formula is C17H24N2O7. The average Bonchev–Trinajstić information content (AvgIpc) is 2.60. The predicted octanol–water partition coefficient (Wildman–Crippen LogP) is 1.03. The van der Waals surface area contributed by atoms with Gasteiger partial charge in [0.1, 0.15) is 0 Å². The second kappa shape index (κ2) is 10.1. The van der Waals surface area contributed by atoms with Gasteiger partial charge >= 0.3 is 12.0 Å². The molecule has 1 aromatic carbocycles. The van der Waals surface area contributed by atoms with Crippen LogP contribution in [-0.2, 0) is 20.7 Å². The Kier molecular flexibility index (Phi) is 8.20. The summed E-state index contributed by atoms with van der Waals surface area (Å²) in [7, 11) is 4.41. The van der Waals surface area contributed by atoms with E-state index in [1.807, 2.05) is 0 Å². The highest BCUT2D eigenvalue weighted by atomic mass is 16.5. The Bertz CT molecular complexity index is 636. The molecule has 0 radical (unpaired) electrons. The standard InChI is InChI=1S/C17H24N2O7/c1-6-18-17(22)19-16(21)10(2)26-14(20)9-11-7-12(23-3)15(25-5)13(8-11)24-4/h7-8,10H,6,9H2,1-5H3,(H2,18,19,21,22). The summed E-state index contributed by atoms with van der Waals surface area (Å²) in [5, 5.41) is 4.49. The van der Waals surface area contributed by atoms with Gasteiger partial charge in [-0.25, -0.2) is 4.79 Å². The Morgan fingerprint density at radius 3 is 2.08 bits per heavy atom. The second-order valence-corrected chi connectivity index (χ2v) is 5.19. The summed E-state index contributed by atoms with van der Waals surface area (Å²) in [6.07, 6.45) is -1.23. The molecule has 0 bridgehead atoms. The molecule has 0 aliphatic heterocycles. The van der Waals surface area contributed by atoms with E-state index in [2.05, 4.69) is 10.6 Å². The van der Waals surface area contributed by atoms with Crippen LogP contribution in [0.2, 0.25) is 0 Å². The van der Waals surface area contributed by atoms with Crippen LogP contribution in [-0.4, -0.2) is 51.9 Å². The Hall–Kier alpha value is -2.97. The number of ether oxygens (including phenoxy) is 4. The lowest BCUT2D eigenvalue weighted by molar-refractivity contribution is -0.153. The van der Waals surface area contributed by atoms with Crippen molar-refractivity contribution in [1.82, 2.24) is 10.6 Å². The van der Waals surface area contributed by atoms with Gasteiger partial charge in [0.05, 0.1) is 27.8 Å². The van der Waals surface area contributed by atoms with Gasteiger partial charge in [-0.1, -0.05) is 0 Å². The van der Waals surface area contributed by atoms with E-state index in [0.717, 1.165) is 0 Å². The maximum absolute atomic E-state index is 12.1. The first-order valence-corrected chi connectivity index (χ1v) is 7.93. The zero-order valence-corrected chi connectivity index (χ0v) is 15.5. The molecule has 0 spiro atoms. The molecule has 0 saturated heterocycles. The molecule has 0 saturated carbocycles. The molecule has 0 aromatic heterocycles. The molecule has 9 heteroatoms. The molecule has 26 heavy (non-hydrogen) atoms. The van der Waals surface area contributed by atoms with Crippen molar-refractivity contribution in [2.75, 3.05) is 27.9 Å². The number of amides is 3. The first kappa shape index (κ1) is 21.1. The maximum Gasteiger partial charge on any atom is 0.321 e. The van der Waals surface area contributed by atoms with E-state index < -0.39 is 24.0 Å². The summed E-state index contributed by atoms with van der Waals surface area (Å²) in [6, 6.07) is 2.58. The van der Waals surface area contributed by atoms with E-state index in [1.165, 1.54) is 28.3 Å². The monoisotopic (exact) mass is 368 g/mol. The molecule has 0 heterocycles. The van der Waals surface area contributed by atoms with Crippen LogP contribution in [0.5, 0.6) is 17.2 Å². The molecule has 0 fully saturated rings. The highest BCUT2D eigenvalue weighted by Crippen LogP contribution is 2.38. The Morgan fingerprint density at radius 2 is 1.62 bits per heavy atom. The van der Waals surface area contributed by atoms with Crippen LogP contribution in [0.15, 0.2) is 12.1 Å². The highest BCUT2D eigenvalue weighted by Gasteiger charge is 2.21. The fraction of sp³-hybridized carbons (Fsp3) is 0.471. The summed E-state index contributed by atoms with van der Waals surface area (Å²) in [4.78, 5) is 35.2. The SMILES string of the molecule is CCNC(=O)NC(=O)C(C)OC(=O)Cc1cc(OC)c(OC)c(OC)c1. The zero-order chi connectivity index (χ0) is 19.7. The first-order chi connectivity index (χ1) is 12.4. The maximum atomic E-state index is 12.1. The first-order valence-electron chi connectivity index (χ1n) is 7.93. The van der Waals surface area contributed by atoms with Gasteiger partial charge in [0.2, 0.25) is 5.75 Å². The van der Waals surface area contributed by atoms with Crippen LogP contribution in [0.3, 0.4) is 0 Å². The van der Waals surface area contributed by atoms with Crippen molar-refractivity contribution in [3.8, 4) is 17.2 Å². The number of rotatable bonds is 8. The smallest absolute Gasteiger partial charge is 0.321 e. The number of imide groups is 1. The van der Waals surface area contributed by atoms with E-state index in [1.54, 1.807) is 19.1 Å². The molecule has 144 valence electrons. The normalized spacial score (nSPS) is 11.1. The van der Waals surface area contributed by atoms with Gasteiger partial charge in [-0.3, -0.25) is 14.9 Å². The van der Waals surface area contributed by atoms with Crippen LogP contribution in [0, 0.1) is 0 Å². The number of carbonyl (C=O) groups excluding carboxylic acids is 3.